The average Bonchev–Trinajstić information content (AvgIpc) is 2.76. The number of ether oxygens (including phenoxy) is 5. The van der Waals surface area contributed by atoms with E-state index in [1.807, 2.05) is 0 Å². The predicted octanol–water partition coefficient (Wildman–Crippen LogP) is -5.52. The second-order valence-electron chi connectivity index (χ2n) is 8.30. The number of hydrogen-bond acceptors (Lipinski definition) is 14. The number of aliphatic hydroxyl groups is 9. The van der Waals surface area contributed by atoms with Gasteiger partial charge in [0, 0.05) is 0 Å². The fraction of sp³-hybridized carbons (Fsp3) is 1.00. The lowest BCUT2D eigenvalue weighted by molar-refractivity contribution is -0.385. The van der Waals surface area contributed by atoms with E-state index in [1.54, 1.807) is 0 Å². The van der Waals surface area contributed by atoms with Crippen molar-refractivity contribution in [2.45, 2.75) is 106 Å². The Labute approximate surface area is 183 Å². The van der Waals surface area contributed by atoms with Crippen molar-refractivity contribution in [1.82, 2.24) is 0 Å². The third-order valence-corrected chi connectivity index (χ3v) is 6.02. The Kier molecular flexibility index (Phi) is 8.44. The zero-order valence-electron chi connectivity index (χ0n) is 17.4. The van der Waals surface area contributed by atoms with Crippen LogP contribution in [0.3, 0.4) is 0 Å². The Morgan fingerprint density at radius 3 is 1.44 bits per heavy atom. The highest BCUT2D eigenvalue weighted by atomic mass is 16.8. The Morgan fingerprint density at radius 1 is 0.562 bits per heavy atom. The summed E-state index contributed by atoms with van der Waals surface area (Å²) in [6.45, 7) is 2.10. The molecule has 14 heteroatoms. The molecule has 0 saturated carbocycles. The molecule has 0 aromatic rings. The molecule has 3 saturated heterocycles. The molecular weight excluding hydrogens is 440 g/mol. The summed E-state index contributed by atoms with van der Waals surface area (Å²) in [5.41, 5.74) is 0. The van der Waals surface area contributed by atoms with Gasteiger partial charge in [0.15, 0.2) is 18.9 Å². The van der Waals surface area contributed by atoms with Crippen LogP contribution in [0.1, 0.15) is 13.8 Å². The van der Waals surface area contributed by atoms with Gasteiger partial charge in [-0.05, 0) is 13.8 Å². The van der Waals surface area contributed by atoms with Gasteiger partial charge in [-0.25, -0.2) is 0 Å². The molecule has 3 heterocycles. The van der Waals surface area contributed by atoms with Crippen molar-refractivity contribution in [3.8, 4) is 0 Å². The Hall–Kier alpha value is -0.560. The summed E-state index contributed by atoms with van der Waals surface area (Å²) in [5.74, 6) is 0. The van der Waals surface area contributed by atoms with Crippen LogP contribution in [0.5, 0.6) is 0 Å². The maximum atomic E-state index is 10.6. The molecule has 15 atom stereocenters. The van der Waals surface area contributed by atoms with Crippen molar-refractivity contribution in [3.05, 3.63) is 0 Å². The molecule has 14 nitrogen and oxygen atoms in total. The van der Waals surface area contributed by atoms with Gasteiger partial charge in [-0.3, -0.25) is 0 Å². The topological polar surface area (TPSA) is 228 Å². The normalized spacial score (nSPS) is 55.0. The zero-order chi connectivity index (χ0) is 23.9. The van der Waals surface area contributed by atoms with Gasteiger partial charge in [-0.2, -0.15) is 0 Å². The Bertz CT molecular complexity index is 610. The summed E-state index contributed by atoms with van der Waals surface area (Å²) in [7, 11) is 0. The van der Waals surface area contributed by atoms with Crippen LogP contribution in [0.15, 0.2) is 0 Å². The number of rotatable bonds is 5. The highest BCUT2D eigenvalue weighted by Crippen LogP contribution is 2.32. The fourth-order valence-corrected chi connectivity index (χ4v) is 3.92. The van der Waals surface area contributed by atoms with Crippen LogP contribution in [0, 0.1) is 0 Å². The van der Waals surface area contributed by atoms with E-state index in [0.717, 1.165) is 0 Å². The molecule has 1 unspecified atom stereocenters. The molecule has 188 valence electrons. The van der Waals surface area contributed by atoms with Crippen molar-refractivity contribution >= 4 is 0 Å². The molecule has 0 spiro atoms. The van der Waals surface area contributed by atoms with Crippen LogP contribution in [-0.4, -0.2) is 145 Å². The fourth-order valence-electron chi connectivity index (χ4n) is 3.92. The van der Waals surface area contributed by atoms with Crippen LogP contribution in [0.2, 0.25) is 0 Å². The van der Waals surface area contributed by atoms with Gasteiger partial charge in [0.1, 0.15) is 61.0 Å². The first-order chi connectivity index (χ1) is 15.0. The summed E-state index contributed by atoms with van der Waals surface area (Å²) in [5, 5.41) is 90.6. The average molecular weight is 472 g/mol. The van der Waals surface area contributed by atoms with Crippen molar-refractivity contribution < 1.29 is 69.6 Å². The van der Waals surface area contributed by atoms with E-state index < -0.39 is 98.7 Å². The van der Waals surface area contributed by atoms with Crippen LogP contribution in [0.4, 0.5) is 0 Å². The quantitative estimate of drug-likeness (QED) is 0.182. The van der Waals surface area contributed by atoms with Crippen LogP contribution in [0.25, 0.3) is 0 Å². The van der Waals surface area contributed by atoms with Gasteiger partial charge in [-0.1, -0.05) is 0 Å². The monoisotopic (exact) mass is 472 g/mol. The number of aliphatic hydroxyl groups excluding tert-OH is 9. The third-order valence-electron chi connectivity index (χ3n) is 6.02. The van der Waals surface area contributed by atoms with Gasteiger partial charge in [0.25, 0.3) is 0 Å². The number of hydrogen-bond donors (Lipinski definition) is 9. The standard InChI is InChI=1S/C18H32O14/c1-4-7(20)10(23)12(25)17(28-4)31-14-9(22)6(3-19)30-16(27)15(14)32-18-13(26)11(24)8(21)5(2)29-18/h4-27H,3H2,1-2H3/t4-,5-,6+,7-,8+,9+,10+,11+,12+,13-,14-,15+,16?,17-,18+/m0/s1. The first-order valence-corrected chi connectivity index (χ1v) is 10.3. The summed E-state index contributed by atoms with van der Waals surface area (Å²) in [6.07, 6.45) is -22.6. The minimum Gasteiger partial charge on any atom is -0.394 e. The molecular formula is C18H32O14. The second kappa shape index (κ2) is 10.4. The lowest BCUT2D eigenvalue weighted by Gasteiger charge is -2.48. The van der Waals surface area contributed by atoms with E-state index in [-0.39, 0.29) is 0 Å². The molecule has 3 rings (SSSR count). The molecule has 0 aliphatic carbocycles. The highest BCUT2D eigenvalue weighted by Gasteiger charge is 2.53. The van der Waals surface area contributed by atoms with E-state index in [2.05, 4.69) is 0 Å². The SMILES string of the molecule is C[C@@H]1O[C@@H](O[C@H]2[C@H](O)[C@@H](CO)OC(O)[C@@H]2O[C@H]2O[C@@H](C)[C@@H](O)[C@@H](O)[C@@H]2O)[C@H](O)[C@H](O)[C@H]1O. The van der Waals surface area contributed by atoms with E-state index in [0.29, 0.717) is 0 Å². The summed E-state index contributed by atoms with van der Waals surface area (Å²) >= 11 is 0. The zero-order valence-corrected chi connectivity index (χ0v) is 17.4. The minimum absolute atomic E-state index is 0.721. The molecule has 3 aliphatic rings. The highest BCUT2D eigenvalue weighted by molar-refractivity contribution is 4.95. The summed E-state index contributed by atoms with van der Waals surface area (Å²) in [6, 6.07) is 0. The van der Waals surface area contributed by atoms with Gasteiger partial charge in [-0.15, -0.1) is 0 Å². The lowest BCUT2D eigenvalue weighted by Crippen LogP contribution is -2.66. The molecule has 0 bridgehead atoms. The largest absolute Gasteiger partial charge is 0.394 e. The molecule has 3 aliphatic heterocycles. The third kappa shape index (κ3) is 4.94. The summed E-state index contributed by atoms with van der Waals surface area (Å²) in [4.78, 5) is 0. The maximum Gasteiger partial charge on any atom is 0.187 e. The first-order valence-electron chi connectivity index (χ1n) is 10.3. The van der Waals surface area contributed by atoms with Gasteiger partial charge in [0.2, 0.25) is 0 Å². The van der Waals surface area contributed by atoms with Crippen molar-refractivity contribution in [3.63, 3.8) is 0 Å². The van der Waals surface area contributed by atoms with E-state index in [1.165, 1.54) is 13.8 Å². The summed E-state index contributed by atoms with van der Waals surface area (Å²) < 4.78 is 27.0. The van der Waals surface area contributed by atoms with Gasteiger partial charge >= 0.3 is 0 Å². The first kappa shape index (κ1) is 26.1. The van der Waals surface area contributed by atoms with Crippen LogP contribution in [-0.2, 0) is 23.7 Å². The lowest BCUT2D eigenvalue weighted by atomic mass is 9.96. The van der Waals surface area contributed by atoms with Crippen molar-refractivity contribution in [1.29, 1.82) is 0 Å². The Morgan fingerprint density at radius 2 is 1.00 bits per heavy atom. The molecule has 9 N–H and O–H groups in total. The molecule has 0 amide bonds. The van der Waals surface area contributed by atoms with E-state index in [4.69, 9.17) is 23.7 Å². The van der Waals surface area contributed by atoms with Crippen molar-refractivity contribution in [2.24, 2.45) is 0 Å². The molecule has 0 radical (unpaired) electrons. The van der Waals surface area contributed by atoms with E-state index >= 15 is 0 Å². The van der Waals surface area contributed by atoms with Crippen LogP contribution < -0.4 is 0 Å². The molecule has 0 aromatic heterocycles. The van der Waals surface area contributed by atoms with Gasteiger partial charge < -0.3 is 69.6 Å². The van der Waals surface area contributed by atoms with E-state index in [9.17, 15) is 46.0 Å². The molecule has 3 fully saturated rings. The van der Waals surface area contributed by atoms with Crippen molar-refractivity contribution in [2.75, 3.05) is 6.61 Å². The van der Waals surface area contributed by atoms with Crippen LogP contribution >= 0.6 is 0 Å². The van der Waals surface area contributed by atoms with Gasteiger partial charge in [0.05, 0.1) is 18.8 Å². The smallest absolute Gasteiger partial charge is 0.187 e. The predicted molar refractivity (Wildman–Crippen MR) is 98.4 cm³/mol. The second-order valence-corrected chi connectivity index (χ2v) is 8.30. The molecule has 32 heavy (non-hydrogen) atoms. The maximum absolute atomic E-state index is 10.6. The Balaban J connectivity index is 1.81. The minimum atomic E-state index is -1.83. The molecule has 0 aromatic carbocycles.